The smallest absolute Gasteiger partial charge is 0.238 e. The van der Waals surface area contributed by atoms with Crippen molar-refractivity contribution in [1.29, 1.82) is 0 Å². The predicted molar refractivity (Wildman–Crippen MR) is 339 cm³/mol. The Morgan fingerprint density at radius 1 is 0.217 bits per heavy atom. The van der Waals surface area contributed by atoms with Crippen molar-refractivity contribution in [2.75, 3.05) is 0 Å². The molecule has 0 aliphatic rings. The zero-order chi connectivity index (χ0) is 54.3. The Balaban J connectivity index is 0.821. The van der Waals surface area contributed by atoms with Crippen molar-refractivity contribution in [2.24, 2.45) is 0 Å². The molecule has 0 amide bonds. The Labute approximate surface area is 473 Å². The molecular weight excluding hydrogens is 1020 g/mol. The zero-order valence-electron chi connectivity index (χ0n) is 44.4. The van der Waals surface area contributed by atoms with Crippen molar-refractivity contribution in [3.8, 4) is 62.4 Å². The van der Waals surface area contributed by atoms with E-state index < -0.39 is 0 Å². The second-order valence-electron chi connectivity index (χ2n) is 21.5. The number of aromatic nitrogens is 6. The largest absolute Gasteiger partial charge is 0.456 e. The summed E-state index contributed by atoms with van der Waals surface area (Å²) in [6, 6.07) is 94.6. The van der Waals surface area contributed by atoms with Crippen molar-refractivity contribution in [3.05, 3.63) is 267 Å². The Kier molecular flexibility index (Phi) is 9.64. The van der Waals surface area contributed by atoms with Gasteiger partial charge >= 0.3 is 0 Å². The third kappa shape index (κ3) is 6.96. The number of rotatable bonds is 7. The normalized spacial score (nSPS) is 12.1. The van der Waals surface area contributed by atoms with Crippen LogP contribution in [0, 0.1) is 0 Å². The number of para-hydroxylation sites is 4. The molecule has 0 radical (unpaired) electrons. The molecule has 0 aliphatic carbocycles. The van der Waals surface area contributed by atoms with Crippen LogP contribution in [0.3, 0.4) is 0 Å². The molecule has 0 N–H and O–H groups in total. The Bertz CT molecular complexity index is 5620. The maximum absolute atomic E-state index is 6.62. The van der Waals surface area contributed by atoms with E-state index in [9.17, 15) is 0 Å². The summed E-state index contributed by atoms with van der Waals surface area (Å²) < 4.78 is 20.1. The first-order valence-corrected chi connectivity index (χ1v) is 28.0. The van der Waals surface area contributed by atoms with Crippen molar-refractivity contribution in [2.45, 2.75) is 0 Å². The molecule has 18 aromatic rings. The minimum absolute atomic E-state index is 0.545. The summed E-state index contributed by atoms with van der Waals surface area (Å²) in [7, 11) is 0. The van der Waals surface area contributed by atoms with Gasteiger partial charge in [-0.2, -0.15) is 9.97 Å². The van der Waals surface area contributed by atoms with Gasteiger partial charge in [-0.05, 0) is 131 Å². The van der Waals surface area contributed by atoms with Crippen LogP contribution < -0.4 is 0 Å². The number of benzene rings is 12. The SMILES string of the molecule is c1ccc(-c2nc(-c3ccccc3)nc(-n3c4ccc(-c5ccc6oc7ccc(-c8ccc9c(c8)c8cc%10oc%11ccccc%11c%10cc8n9-c8ccccc8)cc7c6c5)cc4c4cc5c(cc43)c3ccccc3n5-c3ccccc3)n2)cc1. The average molecular weight is 1060 g/mol. The van der Waals surface area contributed by atoms with E-state index in [4.69, 9.17) is 23.8 Å². The fourth-order valence-corrected chi connectivity index (χ4v) is 13.0. The molecule has 0 bridgehead atoms. The first-order chi connectivity index (χ1) is 41.1. The van der Waals surface area contributed by atoms with Crippen LogP contribution >= 0.6 is 0 Å². The highest BCUT2D eigenvalue weighted by molar-refractivity contribution is 6.21. The van der Waals surface area contributed by atoms with Gasteiger partial charge in [0.1, 0.15) is 22.3 Å². The number of hydrogen-bond acceptors (Lipinski definition) is 5. The van der Waals surface area contributed by atoms with Crippen LogP contribution in [0.2, 0.25) is 0 Å². The van der Waals surface area contributed by atoms with Crippen molar-refractivity contribution >= 4 is 109 Å². The highest BCUT2D eigenvalue weighted by Crippen LogP contribution is 2.44. The highest BCUT2D eigenvalue weighted by atomic mass is 16.3. The average Bonchev–Trinajstić information content (AvgIpc) is 4.20. The molecule has 0 saturated carbocycles. The van der Waals surface area contributed by atoms with Gasteiger partial charge in [-0.25, -0.2) is 4.98 Å². The molecule has 386 valence electrons. The molecule has 0 fully saturated rings. The molecule has 6 heterocycles. The number of furan rings is 2. The van der Waals surface area contributed by atoms with E-state index in [-0.39, 0.29) is 0 Å². The first-order valence-electron chi connectivity index (χ1n) is 28.0. The topological polar surface area (TPSA) is 79.7 Å². The number of hydrogen-bond donors (Lipinski definition) is 0. The predicted octanol–water partition coefficient (Wildman–Crippen LogP) is 19.6. The van der Waals surface area contributed by atoms with Crippen LogP contribution in [0.4, 0.5) is 0 Å². The molecule has 0 unspecified atom stereocenters. The van der Waals surface area contributed by atoms with E-state index in [1.54, 1.807) is 0 Å². The summed E-state index contributed by atoms with van der Waals surface area (Å²) in [5.74, 6) is 1.75. The summed E-state index contributed by atoms with van der Waals surface area (Å²) in [4.78, 5) is 15.7. The van der Waals surface area contributed by atoms with Crippen LogP contribution in [0.15, 0.2) is 276 Å². The van der Waals surface area contributed by atoms with E-state index in [0.29, 0.717) is 17.6 Å². The van der Waals surface area contributed by atoms with Gasteiger partial charge in [0.25, 0.3) is 0 Å². The fraction of sp³-hybridized carbons (Fsp3) is 0. The molecule has 83 heavy (non-hydrogen) atoms. The molecule has 0 atom stereocenters. The van der Waals surface area contributed by atoms with Crippen LogP contribution in [0.1, 0.15) is 0 Å². The maximum Gasteiger partial charge on any atom is 0.238 e. The standard InChI is InChI=1S/C75H44N6O2/c1-5-17-45(18-6-1)73-76-74(46-19-7-2-8-20-46)78-75(77-73)81-65-34-30-48(37-55(65)58-42-66-57(41-68(58)81)53-25-13-15-27-63(53)79(66)51-21-9-3-10-22-51)50-32-36-71-61(40-50)60-39-49(31-35-70(60)82-71)47-29-33-64-56(38-47)59-44-72-62(54-26-14-16-28-69(54)83-72)43-67(59)80(64)52-23-11-4-12-24-52/h1-44H. The Morgan fingerprint density at radius 2 is 0.590 bits per heavy atom. The minimum atomic E-state index is 0.545. The third-order valence-corrected chi connectivity index (χ3v) is 16.9. The van der Waals surface area contributed by atoms with Gasteiger partial charge in [0.2, 0.25) is 5.95 Å². The number of fused-ring (bicyclic) bond motifs is 15. The Morgan fingerprint density at radius 3 is 1.17 bits per heavy atom. The number of nitrogens with zero attached hydrogens (tertiary/aromatic N) is 6. The van der Waals surface area contributed by atoms with Crippen LogP contribution in [-0.4, -0.2) is 28.7 Å². The van der Waals surface area contributed by atoms with Gasteiger partial charge in [-0.1, -0.05) is 158 Å². The van der Waals surface area contributed by atoms with Gasteiger partial charge in [0.05, 0.1) is 33.1 Å². The highest BCUT2D eigenvalue weighted by Gasteiger charge is 2.23. The molecule has 0 spiro atoms. The molecular formula is C75H44N6O2. The lowest BCUT2D eigenvalue weighted by molar-refractivity contribution is 0.669. The van der Waals surface area contributed by atoms with Crippen LogP contribution in [0.25, 0.3) is 172 Å². The maximum atomic E-state index is 6.62. The quantitative estimate of drug-likeness (QED) is 0.159. The lowest BCUT2D eigenvalue weighted by Crippen LogP contribution is -2.06. The summed E-state index contributed by atoms with van der Waals surface area (Å²) in [5, 5.41) is 11.1. The lowest BCUT2D eigenvalue weighted by Gasteiger charge is -2.11. The van der Waals surface area contributed by atoms with Gasteiger partial charge in [-0.3, -0.25) is 4.57 Å². The Hall–Kier alpha value is -11.4. The minimum Gasteiger partial charge on any atom is -0.456 e. The summed E-state index contributed by atoms with van der Waals surface area (Å²) in [5.41, 5.74) is 18.4. The lowest BCUT2D eigenvalue weighted by atomic mass is 9.98. The van der Waals surface area contributed by atoms with E-state index >= 15 is 0 Å². The van der Waals surface area contributed by atoms with Crippen molar-refractivity contribution in [3.63, 3.8) is 0 Å². The van der Waals surface area contributed by atoms with Gasteiger partial charge in [0.15, 0.2) is 11.6 Å². The molecule has 18 rings (SSSR count). The third-order valence-electron chi connectivity index (χ3n) is 16.9. The van der Waals surface area contributed by atoms with Gasteiger partial charge < -0.3 is 18.0 Å². The monoisotopic (exact) mass is 1060 g/mol. The molecule has 0 saturated heterocycles. The fourth-order valence-electron chi connectivity index (χ4n) is 13.0. The van der Waals surface area contributed by atoms with Crippen LogP contribution in [-0.2, 0) is 0 Å². The van der Waals surface area contributed by atoms with E-state index in [2.05, 4.69) is 232 Å². The van der Waals surface area contributed by atoms with E-state index in [1.165, 1.54) is 5.39 Å². The molecule has 8 heteroatoms. The molecule has 12 aromatic carbocycles. The van der Waals surface area contributed by atoms with Crippen molar-refractivity contribution in [1.82, 2.24) is 28.7 Å². The first kappa shape index (κ1) is 45.5. The van der Waals surface area contributed by atoms with E-state index in [0.717, 1.165) is 149 Å². The van der Waals surface area contributed by atoms with Gasteiger partial charge in [0, 0.05) is 76.4 Å². The summed E-state index contributed by atoms with van der Waals surface area (Å²) in [6.07, 6.45) is 0. The molecule has 6 aromatic heterocycles. The zero-order valence-corrected chi connectivity index (χ0v) is 44.4. The van der Waals surface area contributed by atoms with Gasteiger partial charge in [-0.15, -0.1) is 0 Å². The van der Waals surface area contributed by atoms with Crippen molar-refractivity contribution < 1.29 is 8.83 Å². The second kappa shape index (κ2) is 17.6. The second-order valence-corrected chi connectivity index (χ2v) is 21.5. The summed E-state index contributed by atoms with van der Waals surface area (Å²) >= 11 is 0. The van der Waals surface area contributed by atoms with E-state index in [1.807, 2.05) is 48.5 Å². The summed E-state index contributed by atoms with van der Waals surface area (Å²) in [6.45, 7) is 0. The van der Waals surface area contributed by atoms with Crippen LogP contribution in [0.5, 0.6) is 0 Å². The molecule has 8 nitrogen and oxygen atoms in total. The molecule has 0 aliphatic heterocycles.